The van der Waals surface area contributed by atoms with Gasteiger partial charge in [-0.2, -0.15) is 0 Å². The third kappa shape index (κ3) is 6.87. The van der Waals surface area contributed by atoms with Crippen LogP contribution in [0.5, 0.6) is 5.75 Å². The summed E-state index contributed by atoms with van der Waals surface area (Å²) in [5.41, 5.74) is 9.36. The van der Waals surface area contributed by atoms with Crippen molar-refractivity contribution in [1.29, 1.82) is 0 Å². The van der Waals surface area contributed by atoms with Crippen LogP contribution in [0.3, 0.4) is 0 Å². The molecule has 0 fully saturated rings. The van der Waals surface area contributed by atoms with Gasteiger partial charge in [0.15, 0.2) is 12.0 Å². The molecule has 0 radical (unpaired) electrons. The largest absolute Gasteiger partial charge is 0.488 e. The Balaban J connectivity index is 0.000000517. The van der Waals surface area contributed by atoms with Crippen molar-refractivity contribution in [2.45, 2.75) is 19.3 Å². The third-order valence-corrected chi connectivity index (χ3v) is 7.36. The van der Waals surface area contributed by atoms with E-state index < -0.39 is 18.0 Å². The second-order valence-electron chi connectivity index (χ2n) is 9.26. The van der Waals surface area contributed by atoms with E-state index in [1.54, 1.807) is 42.6 Å². The van der Waals surface area contributed by atoms with Crippen molar-refractivity contribution in [2.24, 2.45) is 5.73 Å². The lowest BCUT2D eigenvalue weighted by atomic mass is 9.93. The monoisotopic (exact) mass is 590 g/mol. The predicted molar refractivity (Wildman–Crippen MR) is 159 cm³/mol. The standard InChI is InChI=1S/C26H19N3O5S.C4H11NO2/c27-11-14-1-3-16(4-2-14)29-25(31)20-9-21-22(34-13-15-7-8-35-24(15)21)10-19(20)18-6-5-17(12-30)28-23(18)26(32)33;1-5-2-4(7)3-6/h1-10,12H,11,13,27H2,(H,29,31)(H,32,33);4-7H,2-3H2,1H3. The highest BCUT2D eigenvalue weighted by atomic mass is 32.1. The number of aliphatic hydroxyl groups is 2. The average Bonchev–Trinajstić information content (AvgIpc) is 3.50. The minimum absolute atomic E-state index is 0.0189. The van der Waals surface area contributed by atoms with Gasteiger partial charge in [-0.15, -0.1) is 11.3 Å². The summed E-state index contributed by atoms with van der Waals surface area (Å²) in [7, 11) is 1.72. The molecule has 1 amide bonds. The van der Waals surface area contributed by atoms with Gasteiger partial charge in [0.25, 0.3) is 5.91 Å². The molecule has 0 saturated heterocycles. The number of carbonyl (C=O) groups excluding carboxylic acids is 2. The molecule has 1 atom stereocenters. The number of aromatic carboxylic acids is 1. The SMILES string of the molecule is CNCC(O)CO.NCc1ccc(NC(=O)c2cc3c(cc2-c2ccc(C=O)nc2C(=O)O)OCc2ccsc2-3)cc1. The Morgan fingerprint density at radius 2 is 1.88 bits per heavy atom. The molecule has 3 heterocycles. The van der Waals surface area contributed by atoms with Crippen molar-refractivity contribution in [3.63, 3.8) is 0 Å². The number of carbonyl (C=O) groups is 3. The summed E-state index contributed by atoms with van der Waals surface area (Å²) >= 11 is 1.54. The second-order valence-corrected chi connectivity index (χ2v) is 10.2. The number of anilines is 1. The zero-order chi connectivity index (χ0) is 30.2. The molecule has 1 aliphatic heterocycles. The molecule has 42 heavy (non-hydrogen) atoms. The van der Waals surface area contributed by atoms with E-state index >= 15 is 0 Å². The van der Waals surface area contributed by atoms with Crippen LogP contribution in [0, 0.1) is 0 Å². The van der Waals surface area contributed by atoms with Crippen molar-refractivity contribution in [2.75, 3.05) is 25.5 Å². The maximum Gasteiger partial charge on any atom is 0.355 e. The predicted octanol–water partition coefficient (Wildman–Crippen LogP) is 3.15. The molecule has 4 aromatic rings. The summed E-state index contributed by atoms with van der Waals surface area (Å²) in [6.07, 6.45) is -0.131. The highest BCUT2D eigenvalue weighted by molar-refractivity contribution is 7.13. The molecular weight excluding hydrogens is 560 g/mol. The highest BCUT2D eigenvalue weighted by Crippen LogP contribution is 2.44. The lowest BCUT2D eigenvalue weighted by Crippen LogP contribution is -2.26. The molecule has 218 valence electrons. The number of aromatic nitrogens is 1. The number of fused-ring (bicyclic) bond motifs is 3. The summed E-state index contributed by atoms with van der Waals surface area (Å²) in [6, 6.07) is 15.4. The maximum absolute atomic E-state index is 13.5. The van der Waals surface area contributed by atoms with Crippen LogP contribution in [0.25, 0.3) is 21.6 Å². The summed E-state index contributed by atoms with van der Waals surface area (Å²) in [6.45, 7) is 1.05. The topological polar surface area (TPSA) is 184 Å². The van der Waals surface area contributed by atoms with Crippen molar-refractivity contribution < 1.29 is 34.4 Å². The van der Waals surface area contributed by atoms with Crippen molar-refractivity contribution in [1.82, 2.24) is 10.3 Å². The van der Waals surface area contributed by atoms with Crippen LogP contribution >= 0.6 is 11.3 Å². The zero-order valence-electron chi connectivity index (χ0n) is 22.7. The van der Waals surface area contributed by atoms with Gasteiger partial charge in [0, 0.05) is 51.5 Å². The Bertz CT molecular complexity index is 1590. The number of nitrogens with zero attached hydrogens (tertiary/aromatic N) is 1. The quantitative estimate of drug-likeness (QED) is 0.158. The summed E-state index contributed by atoms with van der Waals surface area (Å²) in [4.78, 5) is 41.6. The zero-order valence-corrected chi connectivity index (χ0v) is 23.5. The molecule has 12 heteroatoms. The molecule has 11 nitrogen and oxygen atoms in total. The number of amides is 1. The van der Waals surface area contributed by atoms with Gasteiger partial charge in [-0.25, -0.2) is 9.78 Å². The molecule has 7 N–H and O–H groups in total. The van der Waals surface area contributed by atoms with Crippen LogP contribution in [-0.2, 0) is 13.2 Å². The minimum Gasteiger partial charge on any atom is -0.488 e. The number of carboxylic acid groups (broad SMARTS) is 1. The fraction of sp³-hybridized carbons (Fsp3) is 0.200. The smallest absolute Gasteiger partial charge is 0.355 e. The van der Waals surface area contributed by atoms with Crippen LogP contribution in [0.4, 0.5) is 5.69 Å². The number of pyridine rings is 1. The van der Waals surface area contributed by atoms with E-state index in [0.717, 1.165) is 21.6 Å². The van der Waals surface area contributed by atoms with E-state index in [2.05, 4.69) is 15.6 Å². The lowest BCUT2D eigenvalue weighted by Gasteiger charge is -2.21. The van der Waals surface area contributed by atoms with Crippen LogP contribution in [0.15, 0.2) is 60.0 Å². The number of likely N-dealkylation sites (N-methyl/N-ethyl adjacent to an activating group) is 1. The van der Waals surface area contributed by atoms with Gasteiger partial charge < -0.3 is 36.4 Å². The average molecular weight is 591 g/mol. The number of rotatable bonds is 9. The van der Waals surface area contributed by atoms with Gasteiger partial charge >= 0.3 is 5.97 Å². The third-order valence-electron chi connectivity index (χ3n) is 6.37. The summed E-state index contributed by atoms with van der Waals surface area (Å²) in [5.74, 6) is -1.20. The van der Waals surface area contributed by atoms with Gasteiger partial charge in [0.2, 0.25) is 0 Å². The van der Waals surface area contributed by atoms with Crippen LogP contribution in [0.1, 0.15) is 42.5 Å². The van der Waals surface area contributed by atoms with Crippen LogP contribution < -0.4 is 21.1 Å². The first-order valence-corrected chi connectivity index (χ1v) is 13.8. The molecule has 1 unspecified atom stereocenters. The molecule has 0 spiro atoms. The first-order chi connectivity index (χ1) is 20.3. The first kappa shape index (κ1) is 30.5. The van der Waals surface area contributed by atoms with Gasteiger partial charge in [-0.3, -0.25) is 9.59 Å². The number of thiophene rings is 1. The van der Waals surface area contributed by atoms with E-state index in [-0.39, 0.29) is 29.1 Å². The number of nitrogens with one attached hydrogen (secondary N) is 2. The Labute approximate surface area is 245 Å². The number of hydrogen-bond donors (Lipinski definition) is 6. The van der Waals surface area contributed by atoms with E-state index in [1.165, 1.54) is 12.1 Å². The van der Waals surface area contributed by atoms with Crippen molar-refractivity contribution in [3.8, 4) is 27.3 Å². The van der Waals surface area contributed by atoms with Gasteiger partial charge in [-0.1, -0.05) is 12.1 Å². The van der Waals surface area contributed by atoms with Gasteiger partial charge in [0.05, 0.1) is 12.7 Å². The van der Waals surface area contributed by atoms with E-state index in [4.69, 9.17) is 20.7 Å². The first-order valence-electron chi connectivity index (χ1n) is 12.9. The highest BCUT2D eigenvalue weighted by Gasteiger charge is 2.26. The lowest BCUT2D eigenvalue weighted by molar-refractivity contribution is 0.0691. The van der Waals surface area contributed by atoms with Crippen LogP contribution in [-0.4, -0.2) is 64.8 Å². The number of nitrogens with two attached hydrogens (primary N) is 1. The number of ether oxygens (including phenoxy) is 1. The number of aliphatic hydroxyl groups excluding tert-OH is 2. The second kappa shape index (κ2) is 13.9. The Morgan fingerprint density at radius 3 is 2.50 bits per heavy atom. The van der Waals surface area contributed by atoms with E-state index in [0.29, 0.717) is 43.0 Å². The van der Waals surface area contributed by atoms with E-state index in [1.807, 2.05) is 23.6 Å². The van der Waals surface area contributed by atoms with Crippen LogP contribution in [0.2, 0.25) is 0 Å². The fourth-order valence-corrected chi connectivity index (χ4v) is 5.20. The van der Waals surface area contributed by atoms with Gasteiger partial charge in [-0.05, 0) is 60.5 Å². The summed E-state index contributed by atoms with van der Waals surface area (Å²) in [5, 5.41) is 34.0. The molecule has 0 aliphatic carbocycles. The minimum atomic E-state index is -1.31. The van der Waals surface area contributed by atoms with Crippen molar-refractivity contribution in [3.05, 3.63) is 88.1 Å². The summed E-state index contributed by atoms with van der Waals surface area (Å²) < 4.78 is 5.93. The Morgan fingerprint density at radius 1 is 1.12 bits per heavy atom. The maximum atomic E-state index is 13.5. The molecule has 1 aliphatic rings. The molecular formula is C30H30N4O7S. The number of hydrogen-bond acceptors (Lipinski definition) is 10. The molecule has 2 aromatic heterocycles. The fourth-order valence-electron chi connectivity index (χ4n) is 4.27. The number of aldehydes is 1. The Kier molecular flexibility index (Phi) is 10.1. The molecule has 2 aromatic carbocycles. The van der Waals surface area contributed by atoms with E-state index in [9.17, 15) is 19.5 Å². The normalized spacial score (nSPS) is 12.1. The molecule has 0 saturated carbocycles. The Hall–Kier alpha value is -4.46. The molecule has 5 rings (SSSR count). The number of benzene rings is 2. The van der Waals surface area contributed by atoms with Crippen molar-refractivity contribution >= 4 is 35.2 Å². The molecule has 0 bridgehead atoms. The number of carboxylic acids is 1. The van der Waals surface area contributed by atoms with Gasteiger partial charge in [0.1, 0.15) is 18.1 Å².